The fourth-order valence-corrected chi connectivity index (χ4v) is 2.24. The van der Waals surface area contributed by atoms with Gasteiger partial charge in [-0.1, -0.05) is 24.3 Å². The van der Waals surface area contributed by atoms with E-state index in [2.05, 4.69) is 5.32 Å². The van der Waals surface area contributed by atoms with E-state index in [9.17, 15) is 9.59 Å². The van der Waals surface area contributed by atoms with Gasteiger partial charge in [-0.05, 0) is 24.5 Å². The number of carbonyl (C=O) groups is 2. The van der Waals surface area contributed by atoms with Crippen LogP contribution >= 0.6 is 0 Å². The third-order valence-corrected chi connectivity index (χ3v) is 3.50. The van der Waals surface area contributed by atoms with Crippen molar-refractivity contribution >= 4 is 11.9 Å². The number of nitrogens with one attached hydrogen (secondary N) is 1. The van der Waals surface area contributed by atoms with Gasteiger partial charge in [-0.3, -0.25) is 9.59 Å². The van der Waals surface area contributed by atoms with Gasteiger partial charge in [-0.2, -0.15) is 0 Å². The molecule has 0 unspecified atom stereocenters. The normalized spacial score (nSPS) is 17.0. The Morgan fingerprint density at radius 3 is 2.65 bits per heavy atom. The van der Waals surface area contributed by atoms with Crippen LogP contribution in [0, 0.1) is 0 Å². The van der Waals surface area contributed by atoms with Crippen LogP contribution in [0.1, 0.15) is 24.5 Å². The summed E-state index contributed by atoms with van der Waals surface area (Å²) in [6.45, 7) is 3.92. The predicted molar refractivity (Wildman–Crippen MR) is 83.8 cm³/mol. The first-order chi connectivity index (χ1) is 11.2. The number of hydrogen-bond donors (Lipinski definition) is 1. The molecule has 1 fully saturated rings. The number of amides is 1. The molecule has 6 heteroatoms. The summed E-state index contributed by atoms with van der Waals surface area (Å²) in [5, 5.41) is 2.81. The molecule has 1 aromatic carbocycles. The van der Waals surface area contributed by atoms with Crippen molar-refractivity contribution in [3.8, 4) is 0 Å². The van der Waals surface area contributed by atoms with Gasteiger partial charge in [0, 0.05) is 13.2 Å². The lowest BCUT2D eigenvalue weighted by molar-refractivity contribution is -0.142. The number of ether oxygens (including phenoxy) is 3. The van der Waals surface area contributed by atoms with Crippen LogP contribution in [0.4, 0.5) is 0 Å². The fraction of sp³-hybridized carbons (Fsp3) is 0.529. The molecule has 0 saturated carbocycles. The minimum Gasteiger partial charge on any atom is -0.466 e. The van der Waals surface area contributed by atoms with Crippen molar-refractivity contribution in [3.05, 3.63) is 35.4 Å². The molecule has 1 aromatic rings. The first-order valence-corrected chi connectivity index (χ1v) is 7.87. The molecule has 1 aliphatic heterocycles. The zero-order valence-electron chi connectivity index (χ0n) is 13.4. The Balaban J connectivity index is 1.68. The van der Waals surface area contributed by atoms with E-state index in [1.54, 1.807) is 6.92 Å². The van der Waals surface area contributed by atoms with Gasteiger partial charge in [0.05, 0.1) is 25.7 Å². The molecule has 0 aliphatic carbocycles. The lowest BCUT2D eigenvalue weighted by atomic mass is 10.1. The quantitative estimate of drug-likeness (QED) is 0.729. The van der Waals surface area contributed by atoms with E-state index in [4.69, 9.17) is 14.2 Å². The first-order valence-electron chi connectivity index (χ1n) is 7.87. The molecule has 0 aromatic heterocycles. The highest BCUT2D eigenvalue weighted by Crippen LogP contribution is 2.08. The highest BCUT2D eigenvalue weighted by Gasteiger charge is 2.17. The maximum atomic E-state index is 11.7. The van der Waals surface area contributed by atoms with Gasteiger partial charge in [0.15, 0.2) is 0 Å². The predicted octanol–water partition coefficient (Wildman–Crippen LogP) is 1.21. The van der Waals surface area contributed by atoms with Crippen molar-refractivity contribution < 1.29 is 23.8 Å². The van der Waals surface area contributed by atoms with Crippen LogP contribution in [-0.2, 0) is 36.8 Å². The van der Waals surface area contributed by atoms with Crippen molar-refractivity contribution in [1.29, 1.82) is 0 Å². The summed E-state index contributed by atoms with van der Waals surface area (Å²) in [4.78, 5) is 23.1. The van der Waals surface area contributed by atoms with E-state index in [1.165, 1.54) is 0 Å². The molecule has 1 saturated heterocycles. The Kier molecular flexibility index (Phi) is 7.03. The fourth-order valence-electron chi connectivity index (χ4n) is 2.24. The molecule has 23 heavy (non-hydrogen) atoms. The highest BCUT2D eigenvalue weighted by molar-refractivity contribution is 5.77. The molecule has 0 spiro atoms. The van der Waals surface area contributed by atoms with Crippen LogP contribution < -0.4 is 5.32 Å². The molecule has 1 N–H and O–H groups in total. The molecule has 1 atom stereocenters. The summed E-state index contributed by atoms with van der Waals surface area (Å²) < 4.78 is 15.5. The van der Waals surface area contributed by atoms with Crippen LogP contribution in [-0.4, -0.2) is 44.4 Å². The summed E-state index contributed by atoms with van der Waals surface area (Å²) in [7, 11) is 0. The van der Waals surface area contributed by atoms with Crippen LogP contribution in [0.2, 0.25) is 0 Å². The van der Waals surface area contributed by atoms with Crippen LogP contribution in [0.25, 0.3) is 0 Å². The maximum Gasteiger partial charge on any atom is 0.310 e. The zero-order chi connectivity index (χ0) is 16.5. The number of esters is 1. The zero-order valence-corrected chi connectivity index (χ0v) is 13.4. The second-order valence-corrected chi connectivity index (χ2v) is 5.37. The average molecular weight is 321 g/mol. The van der Waals surface area contributed by atoms with Gasteiger partial charge in [0.25, 0.3) is 0 Å². The molecule has 6 nitrogen and oxygen atoms in total. The Morgan fingerprint density at radius 1 is 1.26 bits per heavy atom. The summed E-state index contributed by atoms with van der Waals surface area (Å²) in [5.41, 5.74) is 1.86. The summed E-state index contributed by atoms with van der Waals surface area (Å²) >= 11 is 0. The lowest BCUT2D eigenvalue weighted by Gasteiger charge is -2.10. The van der Waals surface area contributed by atoms with Gasteiger partial charge >= 0.3 is 5.97 Å². The minimum absolute atomic E-state index is 0.0305. The second-order valence-electron chi connectivity index (χ2n) is 5.37. The minimum atomic E-state index is -0.235. The first kappa shape index (κ1) is 17.4. The van der Waals surface area contributed by atoms with Crippen molar-refractivity contribution in [3.63, 3.8) is 0 Å². The monoisotopic (exact) mass is 321 g/mol. The summed E-state index contributed by atoms with van der Waals surface area (Å²) in [6.07, 6.45) is 1.13. The van der Waals surface area contributed by atoms with Crippen LogP contribution in [0.15, 0.2) is 24.3 Å². The van der Waals surface area contributed by atoms with Crippen LogP contribution in [0.3, 0.4) is 0 Å². The van der Waals surface area contributed by atoms with Gasteiger partial charge in [0.2, 0.25) is 5.91 Å². The number of hydrogen-bond acceptors (Lipinski definition) is 5. The van der Waals surface area contributed by atoms with Gasteiger partial charge < -0.3 is 19.5 Å². The number of rotatable bonds is 8. The van der Waals surface area contributed by atoms with Crippen molar-refractivity contribution in [2.75, 3.05) is 26.4 Å². The number of benzene rings is 1. The Hall–Kier alpha value is -1.92. The number of carbonyl (C=O) groups excluding carboxylic acids is 2. The average Bonchev–Trinajstić information content (AvgIpc) is 3.06. The van der Waals surface area contributed by atoms with Crippen LogP contribution in [0.5, 0.6) is 0 Å². The van der Waals surface area contributed by atoms with E-state index < -0.39 is 0 Å². The van der Waals surface area contributed by atoms with E-state index in [-0.39, 0.29) is 31.0 Å². The topological polar surface area (TPSA) is 73.9 Å². The highest BCUT2D eigenvalue weighted by atomic mass is 16.5. The second kappa shape index (κ2) is 9.27. The third kappa shape index (κ3) is 6.38. The molecule has 0 bridgehead atoms. The SMILES string of the molecule is CCOC(=O)Cc1ccc(CNC(=O)CO[C@@H]2CCOC2)cc1. The lowest BCUT2D eigenvalue weighted by Crippen LogP contribution is -2.29. The maximum absolute atomic E-state index is 11.7. The van der Waals surface area contributed by atoms with Crippen molar-refractivity contribution in [1.82, 2.24) is 5.32 Å². The molecule has 126 valence electrons. The summed E-state index contributed by atoms with van der Waals surface area (Å²) in [6, 6.07) is 7.51. The molecule has 0 radical (unpaired) electrons. The standard InChI is InChI=1S/C17H23NO5/c1-2-22-17(20)9-13-3-5-14(6-4-13)10-18-16(19)12-23-15-7-8-21-11-15/h3-6,15H,2,7-12H2,1H3,(H,18,19)/t15-/m1/s1. The van der Waals surface area contributed by atoms with E-state index in [0.29, 0.717) is 26.4 Å². The van der Waals surface area contributed by atoms with Crippen molar-refractivity contribution in [2.24, 2.45) is 0 Å². The Labute approximate surface area is 136 Å². The van der Waals surface area contributed by atoms with Gasteiger partial charge in [-0.25, -0.2) is 0 Å². The van der Waals surface area contributed by atoms with Gasteiger partial charge in [-0.15, -0.1) is 0 Å². The summed E-state index contributed by atoms with van der Waals surface area (Å²) in [5.74, 6) is -0.380. The molecule has 1 aliphatic rings. The molecular weight excluding hydrogens is 298 g/mol. The molecule has 2 rings (SSSR count). The molecule has 1 amide bonds. The van der Waals surface area contributed by atoms with E-state index >= 15 is 0 Å². The molecular formula is C17H23NO5. The van der Waals surface area contributed by atoms with Crippen molar-refractivity contribution in [2.45, 2.75) is 32.4 Å². The van der Waals surface area contributed by atoms with E-state index in [1.807, 2.05) is 24.3 Å². The smallest absolute Gasteiger partial charge is 0.310 e. The molecule has 1 heterocycles. The van der Waals surface area contributed by atoms with Gasteiger partial charge in [0.1, 0.15) is 6.61 Å². The third-order valence-electron chi connectivity index (χ3n) is 3.50. The largest absolute Gasteiger partial charge is 0.466 e. The Bertz CT molecular complexity index is 508. The Morgan fingerprint density at radius 2 is 2.00 bits per heavy atom. The van der Waals surface area contributed by atoms with E-state index in [0.717, 1.165) is 17.5 Å².